The van der Waals surface area contributed by atoms with Crippen LogP contribution in [0.25, 0.3) is 0 Å². The third-order valence-corrected chi connectivity index (χ3v) is 4.19. The van der Waals surface area contributed by atoms with Crippen molar-refractivity contribution in [3.63, 3.8) is 0 Å². The molecule has 0 unspecified atom stereocenters. The lowest BCUT2D eigenvalue weighted by atomic mass is 10.1. The van der Waals surface area contributed by atoms with Gasteiger partial charge in [0.1, 0.15) is 0 Å². The highest BCUT2D eigenvalue weighted by Crippen LogP contribution is 2.37. The minimum absolute atomic E-state index is 0.102. The van der Waals surface area contributed by atoms with E-state index in [2.05, 4.69) is 9.89 Å². The lowest BCUT2D eigenvalue weighted by Gasteiger charge is -2.11. The Balaban J connectivity index is 1.94. The maximum absolute atomic E-state index is 12.3. The van der Waals surface area contributed by atoms with E-state index in [1.54, 1.807) is 0 Å². The molecule has 0 spiro atoms. The highest BCUT2D eigenvalue weighted by atomic mass is 32.2. The van der Waals surface area contributed by atoms with E-state index in [1.807, 2.05) is 37.3 Å². The summed E-state index contributed by atoms with van der Waals surface area (Å²) in [6.07, 6.45) is 0. The number of hydrogen-bond donors (Lipinski definition) is 0. The van der Waals surface area contributed by atoms with Crippen LogP contribution in [-0.2, 0) is 0 Å². The van der Waals surface area contributed by atoms with Crippen molar-refractivity contribution in [2.45, 2.75) is 6.92 Å². The molecule has 0 amide bonds. The molecule has 0 aromatic heterocycles. The van der Waals surface area contributed by atoms with Crippen LogP contribution in [0, 0.1) is 0 Å². The zero-order chi connectivity index (χ0) is 11.8. The van der Waals surface area contributed by atoms with Crippen LogP contribution in [0.3, 0.4) is 0 Å². The highest BCUT2D eigenvalue weighted by molar-refractivity contribution is 8.18. The van der Waals surface area contributed by atoms with Gasteiger partial charge in [0, 0.05) is 17.8 Å². The number of rotatable bonds is 2. The van der Waals surface area contributed by atoms with Gasteiger partial charge in [-0.25, -0.2) is 0 Å². The fourth-order valence-corrected chi connectivity index (χ4v) is 3.19. The molecule has 2 aliphatic heterocycles. The first-order chi connectivity index (χ1) is 8.27. The van der Waals surface area contributed by atoms with Gasteiger partial charge in [-0.1, -0.05) is 30.3 Å². The highest BCUT2D eigenvalue weighted by Gasteiger charge is 2.33. The first-order valence-electron chi connectivity index (χ1n) is 5.58. The molecule has 0 aliphatic carbocycles. The van der Waals surface area contributed by atoms with Gasteiger partial charge in [-0.15, -0.1) is 0 Å². The minimum Gasteiger partial charge on any atom is -0.322 e. The van der Waals surface area contributed by atoms with Crippen molar-refractivity contribution in [3.8, 4) is 0 Å². The summed E-state index contributed by atoms with van der Waals surface area (Å²) < 4.78 is 0. The second-order valence-electron chi connectivity index (χ2n) is 4.03. The van der Waals surface area contributed by atoms with E-state index in [0.717, 1.165) is 34.4 Å². The average molecular weight is 244 g/mol. The number of ketones is 1. The molecule has 0 N–H and O–H groups in total. The fourth-order valence-electron chi connectivity index (χ4n) is 2.04. The summed E-state index contributed by atoms with van der Waals surface area (Å²) in [4.78, 5) is 19.7. The molecule has 0 atom stereocenters. The van der Waals surface area contributed by atoms with Crippen LogP contribution in [0.1, 0.15) is 17.3 Å². The van der Waals surface area contributed by atoms with Crippen LogP contribution in [0.15, 0.2) is 45.9 Å². The number of allylic oxidation sites excluding steroid dienone is 2. The molecule has 0 saturated carbocycles. The quantitative estimate of drug-likeness (QED) is 0.749. The molecule has 17 heavy (non-hydrogen) atoms. The lowest BCUT2D eigenvalue weighted by molar-refractivity contribution is 0.104. The summed E-state index contributed by atoms with van der Waals surface area (Å²) in [7, 11) is 0. The number of benzene rings is 1. The summed E-state index contributed by atoms with van der Waals surface area (Å²) in [6, 6.07) is 9.41. The maximum atomic E-state index is 12.3. The lowest BCUT2D eigenvalue weighted by Crippen LogP contribution is -2.19. The Labute approximate surface area is 104 Å². The van der Waals surface area contributed by atoms with Crippen molar-refractivity contribution in [2.24, 2.45) is 4.99 Å². The number of Topliss-reactive ketones (excluding diaryl/α,β-unsaturated/α-hetero) is 1. The molecule has 3 nitrogen and oxygen atoms in total. The number of hydrogen-bond acceptors (Lipinski definition) is 4. The average Bonchev–Trinajstić information content (AvgIpc) is 2.93. The molecule has 0 fully saturated rings. The second-order valence-corrected chi connectivity index (χ2v) is 5.01. The Morgan fingerprint density at radius 1 is 1.35 bits per heavy atom. The predicted molar refractivity (Wildman–Crippen MR) is 70.1 cm³/mol. The second kappa shape index (κ2) is 4.04. The number of nitrogens with zero attached hydrogens (tertiary/aromatic N) is 2. The molecule has 2 aliphatic rings. The SMILES string of the molecule is CC1=C(C(=O)c2ccccc2)SC2=NCCN21. The van der Waals surface area contributed by atoms with Gasteiger partial charge in [-0.2, -0.15) is 0 Å². The van der Waals surface area contributed by atoms with Crippen LogP contribution >= 0.6 is 11.8 Å². The van der Waals surface area contributed by atoms with E-state index in [9.17, 15) is 4.79 Å². The van der Waals surface area contributed by atoms with E-state index in [-0.39, 0.29) is 5.78 Å². The Morgan fingerprint density at radius 2 is 2.12 bits per heavy atom. The largest absolute Gasteiger partial charge is 0.322 e. The summed E-state index contributed by atoms with van der Waals surface area (Å²) >= 11 is 1.50. The Morgan fingerprint density at radius 3 is 2.82 bits per heavy atom. The molecular weight excluding hydrogens is 232 g/mol. The van der Waals surface area contributed by atoms with E-state index < -0.39 is 0 Å². The van der Waals surface area contributed by atoms with Gasteiger partial charge in [0.25, 0.3) is 0 Å². The summed E-state index contributed by atoms with van der Waals surface area (Å²) in [6.45, 7) is 3.74. The van der Waals surface area contributed by atoms with Crippen molar-refractivity contribution in [2.75, 3.05) is 13.1 Å². The van der Waals surface area contributed by atoms with Gasteiger partial charge >= 0.3 is 0 Å². The van der Waals surface area contributed by atoms with Crippen LogP contribution < -0.4 is 0 Å². The van der Waals surface area contributed by atoms with Gasteiger partial charge in [-0.05, 0) is 18.7 Å². The minimum atomic E-state index is 0.102. The number of amidine groups is 1. The first kappa shape index (κ1) is 10.6. The molecule has 1 aromatic rings. The van der Waals surface area contributed by atoms with E-state index in [4.69, 9.17) is 0 Å². The molecule has 1 aromatic carbocycles. The predicted octanol–water partition coefficient (Wildman–Crippen LogP) is 2.52. The topological polar surface area (TPSA) is 32.7 Å². The standard InChI is InChI=1S/C13H12N2OS/c1-9-12(17-13-14-7-8-15(9)13)11(16)10-5-3-2-4-6-10/h2-6H,7-8H2,1H3. The molecule has 86 valence electrons. The molecule has 0 bridgehead atoms. The first-order valence-corrected chi connectivity index (χ1v) is 6.39. The van der Waals surface area contributed by atoms with Crippen molar-refractivity contribution in [3.05, 3.63) is 46.5 Å². The molecule has 2 heterocycles. The molecule has 0 radical (unpaired) electrons. The number of fused-ring (bicyclic) bond motifs is 1. The van der Waals surface area contributed by atoms with Crippen LogP contribution in [0.5, 0.6) is 0 Å². The van der Waals surface area contributed by atoms with Gasteiger partial charge in [-0.3, -0.25) is 9.79 Å². The Kier molecular flexibility index (Phi) is 2.52. The van der Waals surface area contributed by atoms with Crippen molar-refractivity contribution in [1.29, 1.82) is 0 Å². The number of aliphatic imine (C=N–C) groups is 1. The van der Waals surface area contributed by atoms with E-state index >= 15 is 0 Å². The van der Waals surface area contributed by atoms with Gasteiger partial charge in [0.2, 0.25) is 5.78 Å². The van der Waals surface area contributed by atoms with Crippen molar-refractivity contribution >= 4 is 22.7 Å². The molecule has 3 rings (SSSR count). The van der Waals surface area contributed by atoms with Gasteiger partial charge in [0.05, 0.1) is 11.4 Å². The zero-order valence-corrected chi connectivity index (χ0v) is 10.3. The van der Waals surface area contributed by atoms with E-state index in [0.29, 0.717) is 0 Å². The molecule has 0 saturated heterocycles. The third kappa shape index (κ3) is 1.69. The van der Waals surface area contributed by atoms with Crippen LogP contribution in [0.4, 0.5) is 0 Å². The normalized spacial score (nSPS) is 18.4. The molecule has 4 heteroatoms. The van der Waals surface area contributed by atoms with Crippen LogP contribution in [0.2, 0.25) is 0 Å². The van der Waals surface area contributed by atoms with Gasteiger partial charge in [0.15, 0.2) is 5.17 Å². The summed E-state index contributed by atoms with van der Waals surface area (Å²) in [5.41, 5.74) is 1.79. The summed E-state index contributed by atoms with van der Waals surface area (Å²) in [5, 5.41) is 0.974. The van der Waals surface area contributed by atoms with Crippen molar-refractivity contribution < 1.29 is 4.79 Å². The Bertz CT molecular complexity index is 534. The summed E-state index contributed by atoms with van der Waals surface area (Å²) in [5.74, 6) is 0.102. The van der Waals surface area contributed by atoms with Crippen LogP contribution in [-0.4, -0.2) is 28.9 Å². The number of carbonyl (C=O) groups excluding carboxylic acids is 1. The molecular formula is C13H12N2OS. The van der Waals surface area contributed by atoms with Gasteiger partial charge < -0.3 is 4.90 Å². The van der Waals surface area contributed by atoms with E-state index in [1.165, 1.54) is 11.8 Å². The smallest absolute Gasteiger partial charge is 0.201 e. The zero-order valence-electron chi connectivity index (χ0n) is 9.51. The van der Waals surface area contributed by atoms with Crippen molar-refractivity contribution in [1.82, 2.24) is 4.90 Å². The number of thioether (sulfide) groups is 1. The number of carbonyl (C=O) groups is 1. The Hall–Kier alpha value is -1.55. The fraction of sp³-hybridized carbons (Fsp3) is 0.231. The third-order valence-electron chi connectivity index (χ3n) is 2.97. The monoisotopic (exact) mass is 244 g/mol. The maximum Gasteiger partial charge on any atom is 0.201 e.